The van der Waals surface area contributed by atoms with Crippen LogP contribution in [0.3, 0.4) is 0 Å². The molecule has 0 aromatic carbocycles. The molecule has 1 nitrogen and oxygen atoms in total. The Kier molecular flexibility index (Phi) is 2.97. The summed E-state index contributed by atoms with van der Waals surface area (Å²) in [5.41, 5.74) is 0. The van der Waals surface area contributed by atoms with Gasteiger partial charge in [-0.05, 0) is 0 Å². The molecule has 0 spiro atoms. The fraction of sp³-hybridized carbons (Fsp3) is 0. The second kappa shape index (κ2) is 2.33. The molecule has 0 amide bonds. The molecule has 0 bridgehead atoms. The van der Waals surface area contributed by atoms with E-state index >= 15 is 0 Å². The molecule has 0 heterocycles. The summed E-state index contributed by atoms with van der Waals surface area (Å²) < 4.78 is 7.86. The molecule has 0 saturated heterocycles. The molecule has 0 saturated carbocycles. The van der Waals surface area contributed by atoms with E-state index in [9.17, 15) is 0 Å². The average molecular weight is 177 g/mol. The van der Waals surface area contributed by atoms with Crippen molar-refractivity contribution in [1.82, 2.24) is 0 Å². The van der Waals surface area contributed by atoms with E-state index in [0.717, 1.165) is 0 Å². The summed E-state index contributed by atoms with van der Waals surface area (Å²) in [6.07, 6.45) is 0. The third-order valence-electron chi connectivity index (χ3n) is 0. The van der Waals surface area contributed by atoms with Crippen molar-refractivity contribution in [2.45, 2.75) is 0 Å². The molecule has 0 aliphatic carbocycles. The van der Waals surface area contributed by atoms with Crippen LogP contribution in [0.15, 0.2) is 0 Å². The number of hydrogen-bond donors (Lipinski definition) is 1. The zero-order valence-corrected chi connectivity index (χ0v) is 5.31. The van der Waals surface area contributed by atoms with Crippen LogP contribution in [0, 0.1) is 0 Å². The van der Waals surface area contributed by atoms with Gasteiger partial charge < -0.3 is 0 Å². The first-order valence-electron chi connectivity index (χ1n) is 0.516. The Hall–Kier alpha value is 1.09. The van der Waals surface area contributed by atoms with Gasteiger partial charge in [0.1, 0.15) is 0 Å². The van der Waals surface area contributed by atoms with Crippen LogP contribution in [-0.4, -0.2) is 3.76 Å². The molecule has 0 atom stereocenters. The van der Waals surface area contributed by atoms with Crippen molar-refractivity contribution in [1.29, 1.82) is 0 Å². The number of rotatable bonds is 0. The zero-order chi connectivity index (χ0) is 3.58. The first-order chi connectivity index (χ1) is 1.73. The second-order valence-electron chi connectivity index (χ2n) is 0.217. The van der Waals surface area contributed by atoms with Gasteiger partial charge in [-0.25, -0.2) is 0 Å². The summed E-state index contributed by atoms with van der Waals surface area (Å²) in [4.78, 5) is 0. The Balaban J connectivity index is 3.51. The normalized spacial score (nSPS) is 6.25. The van der Waals surface area contributed by atoms with Gasteiger partial charge in [-0.3, -0.25) is 0 Å². The predicted octanol–water partition coefficient (Wildman–Crippen LogP) is 0.737. The molecular weight excluding hydrogens is 176 g/mol. The molecule has 0 aliphatic rings. The van der Waals surface area contributed by atoms with E-state index in [1.807, 2.05) is 0 Å². The van der Waals surface area contributed by atoms with E-state index in [0.29, 0.717) is 0 Å². The molecule has 0 aromatic rings. The van der Waals surface area contributed by atoms with Gasteiger partial charge in [-0.1, -0.05) is 0 Å². The molecule has 1 N–H and O–H groups in total. The van der Waals surface area contributed by atoms with Gasteiger partial charge in [0.05, 0.1) is 0 Å². The zero-order valence-electron chi connectivity index (χ0n) is 1.67. The minimum absolute atomic E-state index is 2.19. The monoisotopic (exact) mass is 179 g/mol. The molecule has 0 radical (unpaired) electrons. The van der Waals surface area contributed by atoms with Crippen LogP contribution in [0.25, 0.3) is 0 Å². The SMILES string of the molecule is [OH][Mo](=[S])=[S]. The van der Waals surface area contributed by atoms with Gasteiger partial charge in [-0.2, -0.15) is 0 Å². The maximum absolute atomic E-state index is 7.86. The summed E-state index contributed by atoms with van der Waals surface area (Å²) >= 11 is -2.19. The van der Waals surface area contributed by atoms with Crippen LogP contribution in [-0.2, 0) is 14.1 Å². The van der Waals surface area contributed by atoms with Crippen LogP contribution < -0.4 is 0 Å². The standard InChI is InChI=1S/Mo.H2O.2S/h;1H2;;/q+1;;;/p-1. The first kappa shape index (κ1) is 5.09. The maximum atomic E-state index is 7.86. The molecule has 0 aliphatic heterocycles. The summed E-state index contributed by atoms with van der Waals surface area (Å²) in [7, 11) is 8.32. The van der Waals surface area contributed by atoms with E-state index in [1.165, 1.54) is 0 Å². The van der Waals surface area contributed by atoms with Crippen LogP contribution in [0.4, 0.5) is 0 Å². The van der Waals surface area contributed by atoms with Gasteiger partial charge in [0.2, 0.25) is 0 Å². The Morgan fingerprint density at radius 1 is 1.50 bits per heavy atom. The van der Waals surface area contributed by atoms with E-state index < -0.39 is 14.1 Å². The summed E-state index contributed by atoms with van der Waals surface area (Å²) in [5.74, 6) is 0. The Morgan fingerprint density at radius 2 is 1.50 bits per heavy atom. The Bertz CT molecular complexity index is 54.4. The first-order valence-corrected chi connectivity index (χ1v) is 7.00. The second-order valence-corrected chi connectivity index (χ2v) is 6.27. The van der Waals surface area contributed by atoms with Crippen LogP contribution in [0.1, 0.15) is 0 Å². The topological polar surface area (TPSA) is 20.2 Å². The van der Waals surface area contributed by atoms with Gasteiger partial charge in [0.15, 0.2) is 0 Å². The summed E-state index contributed by atoms with van der Waals surface area (Å²) in [6.45, 7) is 0. The number of hydrogen-bond acceptors (Lipinski definition) is 2. The van der Waals surface area contributed by atoms with Crippen molar-refractivity contribution in [2.75, 3.05) is 0 Å². The van der Waals surface area contributed by atoms with Crippen LogP contribution >= 0.6 is 19.6 Å². The molecule has 0 unspecified atom stereocenters. The van der Waals surface area contributed by atoms with Crippen molar-refractivity contribution in [3.05, 3.63) is 0 Å². The minimum atomic E-state index is -2.19. The third kappa shape index (κ3) is 11.4. The van der Waals surface area contributed by atoms with Gasteiger partial charge in [0, 0.05) is 0 Å². The molecular formula is HMoOS2. The van der Waals surface area contributed by atoms with E-state index in [1.54, 1.807) is 0 Å². The van der Waals surface area contributed by atoms with Crippen LogP contribution in [0.5, 0.6) is 0 Å². The molecule has 0 aromatic heterocycles. The summed E-state index contributed by atoms with van der Waals surface area (Å²) in [6, 6.07) is 0. The third-order valence-corrected chi connectivity index (χ3v) is 0. The molecule has 4 heteroatoms. The van der Waals surface area contributed by atoms with Crippen molar-refractivity contribution in [2.24, 2.45) is 0 Å². The van der Waals surface area contributed by atoms with Crippen molar-refractivity contribution in [3.8, 4) is 0 Å². The summed E-state index contributed by atoms with van der Waals surface area (Å²) in [5, 5.41) is 0. The van der Waals surface area contributed by atoms with E-state index in [2.05, 4.69) is 19.6 Å². The Morgan fingerprint density at radius 3 is 1.50 bits per heavy atom. The molecule has 4 heavy (non-hydrogen) atoms. The quantitative estimate of drug-likeness (QED) is 0.551. The van der Waals surface area contributed by atoms with Crippen molar-refractivity contribution >= 4 is 19.6 Å². The van der Waals surface area contributed by atoms with Crippen molar-refractivity contribution in [3.63, 3.8) is 0 Å². The van der Waals surface area contributed by atoms with E-state index in [4.69, 9.17) is 3.76 Å². The molecule has 0 rings (SSSR count). The van der Waals surface area contributed by atoms with Crippen LogP contribution in [0.2, 0.25) is 0 Å². The average Bonchev–Trinajstić information content (AvgIpc) is 0.811. The fourth-order valence-corrected chi connectivity index (χ4v) is 0. The predicted molar refractivity (Wildman–Crippen MR) is 17.4 cm³/mol. The molecule has 0 fully saturated rings. The Labute approximate surface area is 37.5 Å². The van der Waals surface area contributed by atoms with E-state index in [-0.39, 0.29) is 0 Å². The van der Waals surface area contributed by atoms with Gasteiger partial charge in [-0.15, -0.1) is 0 Å². The molecule has 25 valence electrons. The van der Waals surface area contributed by atoms with Crippen molar-refractivity contribution < 1.29 is 17.8 Å². The fourth-order valence-electron chi connectivity index (χ4n) is 0. The van der Waals surface area contributed by atoms with Gasteiger partial charge in [0.25, 0.3) is 0 Å². The van der Waals surface area contributed by atoms with Gasteiger partial charge >= 0.3 is 37.5 Å².